The molecule has 2 aromatic rings. The molecular weight excluding hydrogens is 300 g/mol. The highest BCUT2D eigenvalue weighted by Gasteiger charge is 2.19. The van der Waals surface area contributed by atoms with E-state index in [1.807, 2.05) is 31.7 Å². The minimum absolute atomic E-state index is 0.854. The van der Waals surface area contributed by atoms with Crippen molar-refractivity contribution in [3.8, 4) is 0 Å². The van der Waals surface area contributed by atoms with Crippen LogP contribution >= 0.6 is 0 Å². The zero-order valence-electron chi connectivity index (χ0n) is 14.6. The van der Waals surface area contributed by atoms with Gasteiger partial charge in [-0.15, -0.1) is 0 Å². The van der Waals surface area contributed by atoms with Gasteiger partial charge in [0.1, 0.15) is 5.82 Å². The van der Waals surface area contributed by atoms with E-state index in [1.54, 1.807) is 0 Å². The maximum Gasteiger partial charge on any atom is 0.225 e. The van der Waals surface area contributed by atoms with Crippen LogP contribution < -0.4 is 10.2 Å². The first-order valence-electron chi connectivity index (χ1n) is 8.70. The molecule has 0 bridgehead atoms. The molecule has 0 radical (unpaired) electrons. The Morgan fingerprint density at radius 1 is 1.08 bits per heavy atom. The minimum atomic E-state index is 0.854. The number of anilines is 2. The van der Waals surface area contributed by atoms with Crippen LogP contribution in [0.5, 0.6) is 0 Å². The Balaban J connectivity index is 1.55. The van der Waals surface area contributed by atoms with Crippen LogP contribution in [0.4, 0.5) is 11.8 Å². The lowest BCUT2D eigenvalue weighted by atomic mass is 10.2. The molecule has 3 heterocycles. The van der Waals surface area contributed by atoms with Crippen molar-refractivity contribution < 1.29 is 0 Å². The summed E-state index contributed by atoms with van der Waals surface area (Å²) in [5, 5.41) is 3.17. The Labute approximate surface area is 143 Å². The standard InChI is InChI=1S/C18H26N6/c1-3-5-15-12-21-18(22-13-15)24-10-8-23(9-11-24)14-16-6-4-7-20-17(16)19-2/h4,6-7,12-13H,3,5,8-11,14H2,1-2H3,(H,19,20). The Bertz CT molecular complexity index is 634. The molecule has 1 aliphatic rings. The van der Waals surface area contributed by atoms with Gasteiger partial charge in [0.15, 0.2) is 0 Å². The molecule has 2 aromatic heterocycles. The van der Waals surface area contributed by atoms with E-state index in [1.165, 1.54) is 11.1 Å². The van der Waals surface area contributed by atoms with Crippen LogP contribution in [-0.2, 0) is 13.0 Å². The van der Waals surface area contributed by atoms with Gasteiger partial charge in [0.05, 0.1) is 0 Å². The van der Waals surface area contributed by atoms with Gasteiger partial charge in [0.2, 0.25) is 5.95 Å². The monoisotopic (exact) mass is 326 g/mol. The molecule has 0 aliphatic carbocycles. The molecule has 0 amide bonds. The molecule has 0 atom stereocenters. The zero-order chi connectivity index (χ0) is 16.8. The Kier molecular flexibility index (Phi) is 5.59. The second kappa shape index (κ2) is 8.06. The average Bonchev–Trinajstić information content (AvgIpc) is 2.64. The van der Waals surface area contributed by atoms with Gasteiger partial charge in [-0.3, -0.25) is 4.90 Å². The normalized spacial score (nSPS) is 15.5. The number of aromatic nitrogens is 3. The van der Waals surface area contributed by atoms with E-state index in [4.69, 9.17) is 0 Å². The second-order valence-electron chi connectivity index (χ2n) is 6.17. The van der Waals surface area contributed by atoms with Crippen molar-refractivity contribution in [1.82, 2.24) is 19.9 Å². The number of pyridine rings is 1. The Morgan fingerprint density at radius 2 is 1.83 bits per heavy atom. The summed E-state index contributed by atoms with van der Waals surface area (Å²) in [5.41, 5.74) is 2.46. The van der Waals surface area contributed by atoms with Crippen molar-refractivity contribution >= 4 is 11.8 Å². The number of hydrogen-bond acceptors (Lipinski definition) is 6. The van der Waals surface area contributed by atoms with Gasteiger partial charge in [-0.1, -0.05) is 19.4 Å². The second-order valence-corrected chi connectivity index (χ2v) is 6.17. The van der Waals surface area contributed by atoms with Crippen molar-refractivity contribution in [3.63, 3.8) is 0 Å². The van der Waals surface area contributed by atoms with E-state index in [-0.39, 0.29) is 0 Å². The highest BCUT2D eigenvalue weighted by molar-refractivity contribution is 5.43. The lowest BCUT2D eigenvalue weighted by Gasteiger charge is -2.34. The first-order valence-corrected chi connectivity index (χ1v) is 8.70. The van der Waals surface area contributed by atoms with Crippen molar-refractivity contribution in [2.45, 2.75) is 26.3 Å². The van der Waals surface area contributed by atoms with E-state index in [0.717, 1.165) is 57.3 Å². The molecule has 1 fully saturated rings. The van der Waals surface area contributed by atoms with Crippen LogP contribution in [0.25, 0.3) is 0 Å². The SMILES string of the molecule is CCCc1cnc(N2CCN(Cc3cccnc3NC)CC2)nc1. The number of aryl methyl sites for hydroxylation is 1. The lowest BCUT2D eigenvalue weighted by molar-refractivity contribution is 0.249. The topological polar surface area (TPSA) is 57.2 Å². The fourth-order valence-corrected chi connectivity index (χ4v) is 3.07. The molecule has 0 aromatic carbocycles. The summed E-state index contributed by atoms with van der Waals surface area (Å²) in [6.07, 6.45) is 7.93. The molecule has 0 unspecified atom stereocenters. The molecule has 1 aliphatic heterocycles. The smallest absolute Gasteiger partial charge is 0.225 e. The molecule has 1 saturated heterocycles. The van der Waals surface area contributed by atoms with Crippen LogP contribution in [0.3, 0.4) is 0 Å². The Hall–Kier alpha value is -2.21. The number of piperazine rings is 1. The summed E-state index contributed by atoms with van der Waals surface area (Å²) < 4.78 is 0. The van der Waals surface area contributed by atoms with Crippen molar-refractivity contribution in [2.75, 3.05) is 43.4 Å². The van der Waals surface area contributed by atoms with Crippen molar-refractivity contribution in [2.24, 2.45) is 0 Å². The van der Waals surface area contributed by atoms with E-state index >= 15 is 0 Å². The number of hydrogen-bond donors (Lipinski definition) is 1. The van der Waals surface area contributed by atoms with Crippen LogP contribution in [0, 0.1) is 0 Å². The summed E-state index contributed by atoms with van der Waals surface area (Å²) in [6, 6.07) is 4.14. The zero-order valence-corrected chi connectivity index (χ0v) is 14.6. The molecule has 24 heavy (non-hydrogen) atoms. The van der Waals surface area contributed by atoms with E-state index in [0.29, 0.717) is 0 Å². The fourth-order valence-electron chi connectivity index (χ4n) is 3.07. The largest absolute Gasteiger partial charge is 0.373 e. The highest BCUT2D eigenvalue weighted by Crippen LogP contribution is 2.17. The first-order chi connectivity index (χ1) is 11.8. The molecule has 6 heteroatoms. The van der Waals surface area contributed by atoms with Gasteiger partial charge < -0.3 is 10.2 Å². The van der Waals surface area contributed by atoms with Crippen LogP contribution in [0.2, 0.25) is 0 Å². The summed E-state index contributed by atoms with van der Waals surface area (Å²) in [6.45, 7) is 7.05. The van der Waals surface area contributed by atoms with E-state index < -0.39 is 0 Å². The van der Waals surface area contributed by atoms with Crippen molar-refractivity contribution in [1.29, 1.82) is 0 Å². The van der Waals surface area contributed by atoms with Crippen LogP contribution in [0.15, 0.2) is 30.7 Å². The summed E-state index contributed by atoms with van der Waals surface area (Å²) in [5.74, 6) is 1.82. The quantitative estimate of drug-likeness (QED) is 0.878. The van der Waals surface area contributed by atoms with Crippen LogP contribution in [-0.4, -0.2) is 53.1 Å². The summed E-state index contributed by atoms with van der Waals surface area (Å²) >= 11 is 0. The molecular formula is C18H26N6. The van der Waals surface area contributed by atoms with Gasteiger partial charge in [-0.05, 0) is 18.1 Å². The van der Waals surface area contributed by atoms with Gasteiger partial charge in [-0.2, -0.15) is 0 Å². The van der Waals surface area contributed by atoms with Crippen LogP contribution in [0.1, 0.15) is 24.5 Å². The molecule has 0 saturated carbocycles. The maximum atomic E-state index is 4.53. The molecule has 0 spiro atoms. The third-order valence-corrected chi connectivity index (χ3v) is 4.41. The lowest BCUT2D eigenvalue weighted by Crippen LogP contribution is -2.46. The predicted octanol–water partition coefficient (Wildman–Crippen LogP) is 2.19. The minimum Gasteiger partial charge on any atom is -0.373 e. The molecule has 3 rings (SSSR count). The first kappa shape index (κ1) is 16.6. The fraction of sp³-hybridized carbons (Fsp3) is 0.500. The third-order valence-electron chi connectivity index (χ3n) is 4.41. The third kappa shape index (κ3) is 4.00. The van der Waals surface area contributed by atoms with E-state index in [2.05, 4.69) is 43.1 Å². The van der Waals surface area contributed by atoms with E-state index in [9.17, 15) is 0 Å². The molecule has 128 valence electrons. The van der Waals surface area contributed by atoms with Gasteiger partial charge in [-0.25, -0.2) is 15.0 Å². The van der Waals surface area contributed by atoms with Gasteiger partial charge in [0, 0.05) is 63.9 Å². The molecule has 1 N–H and O–H groups in total. The number of nitrogens with one attached hydrogen (secondary N) is 1. The summed E-state index contributed by atoms with van der Waals surface area (Å²) in [4.78, 5) is 18.2. The molecule has 6 nitrogen and oxygen atoms in total. The van der Waals surface area contributed by atoms with Gasteiger partial charge >= 0.3 is 0 Å². The Morgan fingerprint density at radius 3 is 2.50 bits per heavy atom. The maximum absolute atomic E-state index is 4.53. The summed E-state index contributed by atoms with van der Waals surface area (Å²) in [7, 11) is 1.92. The average molecular weight is 326 g/mol. The number of rotatable bonds is 6. The highest BCUT2D eigenvalue weighted by atomic mass is 15.3. The van der Waals surface area contributed by atoms with Crippen molar-refractivity contribution in [3.05, 3.63) is 41.9 Å². The number of nitrogens with zero attached hydrogens (tertiary/aromatic N) is 5. The van der Waals surface area contributed by atoms with Gasteiger partial charge in [0.25, 0.3) is 0 Å². The predicted molar refractivity (Wildman–Crippen MR) is 97.3 cm³/mol.